The quantitative estimate of drug-likeness (QED) is 0.613. The van der Waals surface area contributed by atoms with Crippen molar-refractivity contribution in [2.24, 2.45) is 7.05 Å². The van der Waals surface area contributed by atoms with Crippen molar-refractivity contribution in [3.8, 4) is 17.1 Å². The van der Waals surface area contributed by atoms with Gasteiger partial charge in [0.1, 0.15) is 6.33 Å². The number of para-hydroxylation sites is 1. The van der Waals surface area contributed by atoms with Crippen LogP contribution in [0.25, 0.3) is 28.2 Å². The summed E-state index contributed by atoms with van der Waals surface area (Å²) >= 11 is 0. The third-order valence-corrected chi connectivity index (χ3v) is 4.19. The van der Waals surface area contributed by atoms with Gasteiger partial charge < -0.3 is 5.73 Å². The van der Waals surface area contributed by atoms with Crippen LogP contribution < -0.4 is 5.73 Å². The summed E-state index contributed by atoms with van der Waals surface area (Å²) in [6, 6.07) is 9.92. The maximum atomic E-state index is 6.14. The van der Waals surface area contributed by atoms with Crippen molar-refractivity contribution >= 4 is 17.0 Å². The summed E-state index contributed by atoms with van der Waals surface area (Å²) in [5.41, 5.74) is 11.2. The molecule has 3 aromatic heterocycles. The largest absolute Gasteiger partial charge is 0.382 e. The van der Waals surface area contributed by atoms with Crippen molar-refractivity contribution in [3.63, 3.8) is 0 Å². The van der Waals surface area contributed by atoms with Crippen molar-refractivity contribution in [3.05, 3.63) is 48.0 Å². The van der Waals surface area contributed by atoms with Crippen LogP contribution in [0.1, 0.15) is 11.4 Å². The number of fused-ring (bicyclic) bond motifs is 1. The first-order valence-electron chi connectivity index (χ1n) is 7.63. The van der Waals surface area contributed by atoms with E-state index in [9.17, 15) is 0 Å². The maximum Gasteiger partial charge on any atom is 0.170 e. The van der Waals surface area contributed by atoms with Gasteiger partial charge in [-0.3, -0.25) is 9.25 Å². The normalized spacial score (nSPS) is 11.3. The zero-order chi connectivity index (χ0) is 16.8. The van der Waals surface area contributed by atoms with Crippen LogP contribution in [0.3, 0.4) is 0 Å². The molecule has 4 aromatic rings. The average molecular weight is 319 g/mol. The molecule has 0 radical (unpaired) electrons. The minimum absolute atomic E-state index is 0.368. The Kier molecular flexibility index (Phi) is 3.09. The Balaban J connectivity index is 2.00. The summed E-state index contributed by atoms with van der Waals surface area (Å²) < 4.78 is 3.74. The molecule has 24 heavy (non-hydrogen) atoms. The Morgan fingerprint density at radius 2 is 1.79 bits per heavy atom. The van der Waals surface area contributed by atoms with E-state index in [1.54, 1.807) is 6.33 Å². The molecule has 0 saturated carbocycles. The molecule has 0 aliphatic carbocycles. The highest BCUT2D eigenvalue weighted by Crippen LogP contribution is 2.27. The Labute approximate surface area is 138 Å². The van der Waals surface area contributed by atoms with Crippen molar-refractivity contribution < 1.29 is 0 Å². The van der Waals surface area contributed by atoms with E-state index in [4.69, 9.17) is 10.7 Å². The molecule has 3 heterocycles. The standard InChI is InChI=1S/C17H17N7/c1-10-13(11(2)23(3)22-10)16-20-15(18)14-17(21-16)24(9-19-14)12-7-5-4-6-8-12/h4-9H,1-3H3,(H2,18,20,21). The van der Waals surface area contributed by atoms with Gasteiger partial charge in [0.15, 0.2) is 22.8 Å². The SMILES string of the molecule is Cc1nn(C)c(C)c1-c1nc(N)c2ncn(-c3ccccc3)c2n1. The van der Waals surface area contributed by atoms with Crippen LogP contribution in [-0.4, -0.2) is 29.3 Å². The minimum Gasteiger partial charge on any atom is -0.382 e. The molecule has 0 fully saturated rings. The lowest BCUT2D eigenvalue weighted by molar-refractivity contribution is 0.731. The van der Waals surface area contributed by atoms with Crippen LogP contribution in [-0.2, 0) is 7.05 Å². The lowest BCUT2D eigenvalue weighted by atomic mass is 10.2. The third kappa shape index (κ3) is 2.05. The highest BCUT2D eigenvalue weighted by molar-refractivity contribution is 5.85. The predicted molar refractivity (Wildman–Crippen MR) is 92.7 cm³/mol. The summed E-state index contributed by atoms with van der Waals surface area (Å²) in [6.07, 6.45) is 1.72. The van der Waals surface area contributed by atoms with Gasteiger partial charge in [0.2, 0.25) is 0 Å². The molecule has 0 aliphatic heterocycles. The second-order valence-electron chi connectivity index (χ2n) is 5.72. The van der Waals surface area contributed by atoms with Gasteiger partial charge in [-0.2, -0.15) is 5.10 Å². The van der Waals surface area contributed by atoms with Gasteiger partial charge in [-0.15, -0.1) is 0 Å². The minimum atomic E-state index is 0.368. The molecule has 0 unspecified atom stereocenters. The van der Waals surface area contributed by atoms with E-state index < -0.39 is 0 Å². The molecule has 7 heteroatoms. The van der Waals surface area contributed by atoms with Crippen molar-refractivity contribution in [2.45, 2.75) is 13.8 Å². The number of hydrogen-bond acceptors (Lipinski definition) is 5. The number of hydrogen-bond donors (Lipinski definition) is 1. The first-order chi connectivity index (χ1) is 11.6. The van der Waals surface area contributed by atoms with Gasteiger partial charge in [-0.25, -0.2) is 15.0 Å². The van der Waals surface area contributed by atoms with Gasteiger partial charge in [0.05, 0.1) is 11.3 Å². The molecule has 120 valence electrons. The number of rotatable bonds is 2. The number of nitrogens with two attached hydrogens (primary N) is 1. The van der Waals surface area contributed by atoms with Crippen molar-refractivity contribution in [1.29, 1.82) is 0 Å². The summed E-state index contributed by atoms with van der Waals surface area (Å²) in [7, 11) is 1.90. The van der Waals surface area contributed by atoms with Crippen LogP contribution in [0, 0.1) is 13.8 Å². The molecule has 0 aliphatic rings. The lowest BCUT2D eigenvalue weighted by Gasteiger charge is -2.06. The molecule has 4 rings (SSSR count). The van der Waals surface area contributed by atoms with E-state index >= 15 is 0 Å². The van der Waals surface area contributed by atoms with E-state index in [2.05, 4.69) is 15.1 Å². The zero-order valence-corrected chi connectivity index (χ0v) is 13.7. The van der Waals surface area contributed by atoms with E-state index in [1.807, 2.05) is 60.5 Å². The highest BCUT2D eigenvalue weighted by Gasteiger charge is 2.18. The summed E-state index contributed by atoms with van der Waals surface area (Å²) in [4.78, 5) is 13.6. The molecule has 0 amide bonds. The average Bonchev–Trinajstić information content (AvgIpc) is 3.10. The van der Waals surface area contributed by atoms with Gasteiger partial charge in [0.25, 0.3) is 0 Å². The molecule has 2 N–H and O–H groups in total. The summed E-state index contributed by atoms with van der Waals surface area (Å²) in [5, 5.41) is 4.44. The number of aromatic nitrogens is 6. The second kappa shape index (κ2) is 5.16. The number of nitrogens with zero attached hydrogens (tertiary/aromatic N) is 6. The molecule has 0 saturated heterocycles. The predicted octanol–water partition coefficient (Wildman–Crippen LogP) is 2.42. The number of aryl methyl sites for hydroxylation is 2. The number of imidazole rings is 1. The molecule has 0 spiro atoms. The Morgan fingerprint density at radius 1 is 1.04 bits per heavy atom. The number of nitrogen functional groups attached to an aromatic ring is 1. The smallest absolute Gasteiger partial charge is 0.170 e. The lowest BCUT2D eigenvalue weighted by Crippen LogP contribution is -2.01. The number of benzene rings is 1. The van der Waals surface area contributed by atoms with E-state index in [0.29, 0.717) is 22.8 Å². The van der Waals surface area contributed by atoms with Crippen LogP contribution >= 0.6 is 0 Å². The van der Waals surface area contributed by atoms with Gasteiger partial charge in [-0.05, 0) is 26.0 Å². The zero-order valence-electron chi connectivity index (χ0n) is 13.7. The van der Waals surface area contributed by atoms with Gasteiger partial charge in [0, 0.05) is 18.4 Å². The number of anilines is 1. The molecular weight excluding hydrogens is 302 g/mol. The van der Waals surface area contributed by atoms with Gasteiger partial charge >= 0.3 is 0 Å². The molecule has 7 nitrogen and oxygen atoms in total. The van der Waals surface area contributed by atoms with E-state index in [0.717, 1.165) is 22.6 Å². The van der Waals surface area contributed by atoms with Crippen LogP contribution in [0.15, 0.2) is 36.7 Å². The van der Waals surface area contributed by atoms with Crippen LogP contribution in [0.2, 0.25) is 0 Å². The fraction of sp³-hybridized carbons (Fsp3) is 0.176. The van der Waals surface area contributed by atoms with Crippen LogP contribution in [0.5, 0.6) is 0 Å². The Bertz CT molecular complexity index is 1040. The van der Waals surface area contributed by atoms with Crippen molar-refractivity contribution in [1.82, 2.24) is 29.3 Å². The third-order valence-electron chi connectivity index (χ3n) is 4.19. The summed E-state index contributed by atoms with van der Waals surface area (Å²) in [5.74, 6) is 0.938. The molecule has 0 bridgehead atoms. The monoisotopic (exact) mass is 319 g/mol. The molecular formula is C17H17N7. The molecule has 1 aromatic carbocycles. The maximum absolute atomic E-state index is 6.14. The Morgan fingerprint density at radius 3 is 2.46 bits per heavy atom. The first kappa shape index (κ1) is 14.4. The van der Waals surface area contributed by atoms with Crippen molar-refractivity contribution in [2.75, 3.05) is 5.73 Å². The second-order valence-corrected chi connectivity index (χ2v) is 5.72. The fourth-order valence-corrected chi connectivity index (χ4v) is 2.91. The first-order valence-corrected chi connectivity index (χ1v) is 7.63. The van der Waals surface area contributed by atoms with Gasteiger partial charge in [-0.1, -0.05) is 18.2 Å². The molecule has 0 atom stereocenters. The van der Waals surface area contributed by atoms with E-state index in [1.165, 1.54) is 0 Å². The van der Waals surface area contributed by atoms with Crippen LogP contribution in [0.4, 0.5) is 5.82 Å². The fourth-order valence-electron chi connectivity index (χ4n) is 2.91. The van der Waals surface area contributed by atoms with E-state index in [-0.39, 0.29) is 0 Å². The summed E-state index contributed by atoms with van der Waals surface area (Å²) in [6.45, 7) is 3.94. The highest BCUT2D eigenvalue weighted by atomic mass is 15.3. The topological polar surface area (TPSA) is 87.4 Å². The Hall–Kier alpha value is -3.22.